The van der Waals surface area contributed by atoms with Crippen molar-refractivity contribution in [2.24, 2.45) is 0 Å². The molecule has 0 bridgehead atoms. The number of aryl methyl sites for hydroxylation is 1. The third kappa shape index (κ3) is 3.42. The van der Waals surface area contributed by atoms with Crippen LogP contribution in [-0.4, -0.2) is 4.92 Å². The summed E-state index contributed by atoms with van der Waals surface area (Å²) >= 11 is 0. The third-order valence-electron chi connectivity index (χ3n) is 4.70. The van der Waals surface area contributed by atoms with Gasteiger partial charge in [0.05, 0.1) is 4.92 Å². The quantitative estimate of drug-likeness (QED) is 0.265. The Morgan fingerprint density at radius 1 is 0.964 bits per heavy atom. The topological polar surface area (TPSA) is 60.2 Å². The molecule has 0 spiro atoms. The third-order valence-corrected chi connectivity index (χ3v) is 4.70. The van der Waals surface area contributed by atoms with Gasteiger partial charge in [0, 0.05) is 41.3 Å². The molecule has 0 radical (unpaired) electrons. The van der Waals surface area contributed by atoms with Crippen LogP contribution in [0.2, 0.25) is 0 Å². The maximum Gasteiger partial charge on any atom is 0.269 e. The van der Waals surface area contributed by atoms with Gasteiger partial charge in [-0.2, -0.15) is 4.57 Å². The largest absolute Gasteiger partial charge is 0.457 e. The summed E-state index contributed by atoms with van der Waals surface area (Å²) in [6.07, 6.45) is 3.97. The van der Waals surface area contributed by atoms with Crippen LogP contribution in [0, 0.1) is 10.1 Å². The molecule has 2 aromatic carbocycles. The molecule has 0 aliphatic heterocycles. The van der Waals surface area contributed by atoms with Gasteiger partial charge in [0.15, 0.2) is 0 Å². The van der Waals surface area contributed by atoms with E-state index in [1.807, 2.05) is 36.4 Å². The van der Waals surface area contributed by atoms with Gasteiger partial charge in [-0.15, -0.1) is 0 Å². The molecule has 0 saturated heterocycles. The van der Waals surface area contributed by atoms with Gasteiger partial charge in [-0.3, -0.25) is 10.1 Å². The molecular formula is C23H19N2O3+. The minimum Gasteiger partial charge on any atom is -0.457 e. The fraction of sp³-hybridized carbons (Fsp3) is 0.0870. The van der Waals surface area contributed by atoms with Crippen molar-refractivity contribution in [3.63, 3.8) is 0 Å². The molecule has 0 fully saturated rings. The van der Waals surface area contributed by atoms with Crippen LogP contribution in [0.1, 0.15) is 18.4 Å². The van der Waals surface area contributed by atoms with Crippen molar-refractivity contribution in [2.75, 3.05) is 0 Å². The Balaban J connectivity index is 1.61. The Kier molecular flexibility index (Phi) is 4.72. The Labute approximate surface area is 162 Å². The summed E-state index contributed by atoms with van der Waals surface area (Å²) in [4.78, 5) is 10.4. The molecule has 0 saturated carbocycles. The van der Waals surface area contributed by atoms with Crippen molar-refractivity contribution in [1.82, 2.24) is 0 Å². The number of non-ortho nitro benzene ring substituents is 1. The van der Waals surface area contributed by atoms with Crippen LogP contribution in [0.15, 0.2) is 77.2 Å². The molecule has 0 aliphatic carbocycles. The van der Waals surface area contributed by atoms with Crippen molar-refractivity contribution in [3.05, 3.63) is 94.4 Å². The summed E-state index contributed by atoms with van der Waals surface area (Å²) in [6, 6.07) is 22.6. The van der Waals surface area contributed by atoms with Gasteiger partial charge in [0.25, 0.3) is 5.69 Å². The molecule has 2 aromatic heterocycles. The lowest BCUT2D eigenvalue weighted by atomic mass is 10.1. The van der Waals surface area contributed by atoms with E-state index < -0.39 is 4.92 Å². The van der Waals surface area contributed by atoms with Gasteiger partial charge in [-0.25, -0.2) is 0 Å². The minimum absolute atomic E-state index is 0.0656. The van der Waals surface area contributed by atoms with Gasteiger partial charge in [0.2, 0.25) is 11.2 Å². The normalized spacial score (nSPS) is 11.3. The summed E-state index contributed by atoms with van der Waals surface area (Å²) < 4.78 is 8.14. The summed E-state index contributed by atoms with van der Waals surface area (Å²) in [5.41, 5.74) is 3.16. The second kappa shape index (κ2) is 7.48. The van der Waals surface area contributed by atoms with Crippen LogP contribution in [-0.2, 0) is 6.54 Å². The Morgan fingerprint density at radius 3 is 2.50 bits per heavy atom. The van der Waals surface area contributed by atoms with E-state index in [1.54, 1.807) is 12.1 Å². The minimum atomic E-state index is -0.410. The number of benzene rings is 2. The van der Waals surface area contributed by atoms with Crippen LogP contribution in [0.4, 0.5) is 5.69 Å². The van der Waals surface area contributed by atoms with E-state index in [0.717, 1.165) is 23.6 Å². The highest BCUT2D eigenvalue weighted by atomic mass is 16.6. The number of fused-ring (bicyclic) bond motifs is 1. The lowest BCUT2D eigenvalue weighted by molar-refractivity contribution is -0.669. The molecule has 5 heteroatoms. The highest BCUT2D eigenvalue weighted by molar-refractivity contribution is 5.77. The molecule has 138 valence electrons. The maximum atomic E-state index is 10.8. The summed E-state index contributed by atoms with van der Waals surface area (Å²) in [5, 5.41) is 12.0. The Hall–Kier alpha value is -3.73. The number of hydrogen-bond acceptors (Lipinski definition) is 3. The molecule has 28 heavy (non-hydrogen) atoms. The van der Waals surface area contributed by atoms with Crippen molar-refractivity contribution in [1.29, 1.82) is 0 Å². The predicted octanol–water partition coefficient (Wildman–Crippen LogP) is 5.49. The van der Waals surface area contributed by atoms with Crippen LogP contribution >= 0.6 is 0 Å². The van der Waals surface area contributed by atoms with E-state index in [2.05, 4.69) is 35.8 Å². The van der Waals surface area contributed by atoms with Gasteiger partial charge < -0.3 is 4.42 Å². The number of pyridine rings is 1. The number of aromatic nitrogens is 1. The molecule has 0 N–H and O–H groups in total. The molecule has 0 atom stereocenters. The van der Waals surface area contributed by atoms with Crippen molar-refractivity contribution in [3.8, 4) is 11.3 Å². The van der Waals surface area contributed by atoms with Crippen molar-refractivity contribution in [2.45, 2.75) is 13.5 Å². The summed E-state index contributed by atoms with van der Waals surface area (Å²) in [7, 11) is 0. The van der Waals surface area contributed by atoms with Crippen LogP contribution in [0.3, 0.4) is 0 Å². The molecule has 5 nitrogen and oxygen atoms in total. The second-order valence-electron chi connectivity index (χ2n) is 6.40. The smallest absolute Gasteiger partial charge is 0.269 e. The zero-order valence-electron chi connectivity index (χ0n) is 15.4. The molecule has 2 heterocycles. The highest BCUT2D eigenvalue weighted by Crippen LogP contribution is 2.25. The second-order valence-corrected chi connectivity index (χ2v) is 6.40. The van der Waals surface area contributed by atoms with Crippen molar-refractivity contribution < 1.29 is 13.9 Å². The van der Waals surface area contributed by atoms with Crippen LogP contribution < -0.4 is 4.57 Å². The standard InChI is InChI=1S/C23H19N2O3/c1-2-24-19(10-7-17-5-3-4-6-22(17)24)13-14-21-15-16-23(28-21)18-8-11-20(12-9-18)25(26)27/h3-16H,2H2,1H3/q+1. The van der Waals surface area contributed by atoms with Crippen molar-refractivity contribution >= 4 is 28.7 Å². The number of nitro groups is 1. The summed E-state index contributed by atoms with van der Waals surface area (Å²) in [5.74, 6) is 1.40. The zero-order chi connectivity index (χ0) is 19.5. The monoisotopic (exact) mass is 371 g/mol. The SMILES string of the molecule is CC[n+]1c(C=Cc2ccc(-c3ccc([N+](=O)[O-])cc3)o2)ccc2ccccc21. The first-order valence-electron chi connectivity index (χ1n) is 9.10. The van der Waals surface area contributed by atoms with E-state index in [4.69, 9.17) is 4.42 Å². The van der Waals surface area contributed by atoms with Gasteiger partial charge in [-0.1, -0.05) is 12.1 Å². The molecule has 4 aromatic rings. The van der Waals surface area contributed by atoms with Crippen LogP contribution in [0.25, 0.3) is 34.4 Å². The fourth-order valence-electron chi connectivity index (χ4n) is 3.29. The molecule has 4 rings (SSSR count). The first kappa shape index (κ1) is 17.7. The Bertz CT molecular complexity index is 1170. The van der Waals surface area contributed by atoms with E-state index in [1.165, 1.54) is 23.0 Å². The highest BCUT2D eigenvalue weighted by Gasteiger charge is 2.12. The Morgan fingerprint density at radius 2 is 1.75 bits per heavy atom. The maximum absolute atomic E-state index is 10.8. The lowest BCUT2D eigenvalue weighted by Gasteiger charge is -2.02. The zero-order valence-corrected chi connectivity index (χ0v) is 15.4. The first-order valence-corrected chi connectivity index (χ1v) is 9.10. The van der Waals surface area contributed by atoms with E-state index in [9.17, 15) is 10.1 Å². The number of nitrogens with zero attached hydrogens (tertiary/aromatic N) is 2. The molecule has 0 amide bonds. The number of nitro benzene ring substituents is 1. The average molecular weight is 371 g/mol. The number of furan rings is 1. The average Bonchev–Trinajstić information content (AvgIpc) is 3.21. The van der Waals surface area contributed by atoms with Gasteiger partial charge in [0.1, 0.15) is 18.1 Å². The van der Waals surface area contributed by atoms with Crippen LogP contribution in [0.5, 0.6) is 0 Å². The predicted molar refractivity (Wildman–Crippen MR) is 110 cm³/mol. The summed E-state index contributed by atoms with van der Waals surface area (Å²) in [6.45, 7) is 3.00. The number of para-hydroxylation sites is 1. The van der Waals surface area contributed by atoms with Gasteiger partial charge >= 0.3 is 0 Å². The van der Waals surface area contributed by atoms with E-state index >= 15 is 0 Å². The van der Waals surface area contributed by atoms with E-state index in [0.29, 0.717) is 5.76 Å². The molecule has 0 aliphatic rings. The first-order chi connectivity index (χ1) is 13.7. The van der Waals surface area contributed by atoms with Gasteiger partial charge in [-0.05, 0) is 49.4 Å². The van der Waals surface area contributed by atoms with E-state index in [-0.39, 0.29) is 5.69 Å². The fourth-order valence-corrected chi connectivity index (χ4v) is 3.29. The molecule has 0 unspecified atom stereocenters. The number of hydrogen-bond donors (Lipinski definition) is 0. The number of rotatable bonds is 5. The lowest BCUT2D eigenvalue weighted by Crippen LogP contribution is -2.36. The molecular weight excluding hydrogens is 352 g/mol.